The van der Waals surface area contributed by atoms with Gasteiger partial charge in [-0.15, -0.1) is 0 Å². The van der Waals surface area contributed by atoms with Crippen LogP contribution in [0.1, 0.15) is 48.9 Å². The van der Waals surface area contributed by atoms with Crippen LogP contribution in [0.25, 0.3) is 0 Å². The van der Waals surface area contributed by atoms with E-state index < -0.39 is 11.0 Å². The fraction of sp³-hybridized carbons (Fsp3) is 0.556. The monoisotopic (exact) mass is 447 g/mol. The molecule has 2 aromatic rings. The van der Waals surface area contributed by atoms with Crippen LogP contribution in [0.2, 0.25) is 0 Å². The van der Waals surface area contributed by atoms with E-state index in [-0.39, 0.29) is 17.7 Å². The van der Waals surface area contributed by atoms with Crippen molar-refractivity contribution in [1.29, 1.82) is 0 Å². The van der Waals surface area contributed by atoms with Crippen molar-refractivity contribution in [2.45, 2.75) is 62.0 Å². The van der Waals surface area contributed by atoms with Crippen LogP contribution in [0.15, 0.2) is 42.6 Å². The number of aromatic nitrogens is 1. The molecule has 1 aromatic carbocycles. The van der Waals surface area contributed by atoms with Gasteiger partial charge in [-0.3, -0.25) is 14.7 Å². The minimum absolute atomic E-state index is 0.0646. The fourth-order valence-corrected chi connectivity index (χ4v) is 6.88. The lowest BCUT2D eigenvalue weighted by atomic mass is 9.52. The second kappa shape index (κ2) is 7.81. The number of likely N-dealkylation sites (tertiary alicyclic amines) is 2. The van der Waals surface area contributed by atoms with Gasteiger partial charge in [-0.25, -0.2) is 0 Å². The topological polar surface area (TPSA) is 76.9 Å². The van der Waals surface area contributed by atoms with Crippen molar-refractivity contribution in [3.8, 4) is 5.75 Å². The van der Waals surface area contributed by atoms with E-state index in [1.807, 2.05) is 29.2 Å². The predicted molar refractivity (Wildman–Crippen MR) is 125 cm³/mol. The minimum atomic E-state index is -0.902. The highest BCUT2D eigenvalue weighted by atomic mass is 16.3. The maximum atomic E-state index is 13.2. The van der Waals surface area contributed by atoms with Crippen molar-refractivity contribution >= 4 is 5.91 Å². The molecule has 0 radical (unpaired) electrons. The number of pyridine rings is 1. The van der Waals surface area contributed by atoms with E-state index in [0.717, 1.165) is 49.5 Å². The molecule has 3 atom stereocenters. The molecule has 1 saturated carbocycles. The van der Waals surface area contributed by atoms with Crippen molar-refractivity contribution in [3.05, 3.63) is 59.4 Å². The van der Waals surface area contributed by atoms with Gasteiger partial charge in [0.2, 0.25) is 5.91 Å². The van der Waals surface area contributed by atoms with Gasteiger partial charge in [-0.1, -0.05) is 12.1 Å². The molecule has 0 spiro atoms. The van der Waals surface area contributed by atoms with Crippen LogP contribution in [-0.2, 0) is 23.1 Å². The SMILES string of the molecule is O=C(Cc1ccccn1)N1CCC23CCN(CC4CC4)C(Cc4ccc(O)cc42)C3(O)CC1. The Labute approximate surface area is 195 Å². The molecule has 3 unspecified atom stereocenters. The Morgan fingerprint density at radius 2 is 1.91 bits per heavy atom. The van der Waals surface area contributed by atoms with Gasteiger partial charge in [-0.05, 0) is 86.4 Å². The van der Waals surface area contributed by atoms with E-state index in [9.17, 15) is 15.0 Å². The average Bonchev–Trinajstić information content (AvgIpc) is 3.63. The summed E-state index contributed by atoms with van der Waals surface area (Å²) in [6.45, 7) is 3.23. The lowest BCUT2D eigenvalue weighted by Gasteiger charge is -2.61. The maximum Gasteiger partial charge on any atom is 0.228 e. The zero-order chi connectivity index (χ0) is 22.6. The summed E-state index contributed by atoms with van der Waals surface area (Å²) in [5, 5.41) is 22.8. The molecule has 6 heteroatoms. The van der Waals surface area contributed by atoms with Crippen molar-refractivity contribution in [3.63, 3.8) is 0 Å². The summed E-state index contributed by atoms with van der Waals surface area (Å²) in [5.74, 6) is 1.11. The third-order valence-electron chi connectivity index (χ3n) is 8.84. The molecule has 3 fully saturated rings. The van der Waals surface area contributed by atoms with Crippen molar-refractivity contribution in [2.24, 2.45) is 5.92 Å². The molecule has 2 bridgehead atoms. The maximum absolute atomic E-state index is 13.2. The number of phenolic OH excluding ortho intramolecular Hbond substituents is 1. The molecule has 6 nitrogen and oxygen atoms in total. The molecule has 33 heavy (non-hydrogen) atoms. The summed E-state index contributed by atoms with van der Waals surface area (Å²) < 4.78 is 0. The van der Waals surface area contributed by atoms with Gasteiger partial charge in [-0.2, -0.15) is 0 Å². The normalized spacial score (nSPS) is 31.4. The summed E-state index contributed by atoms with van der Waals surface area (Å²) >= 11 is 0. The van der Waals surface area contributed by atoms with Gasteiger partial charge in [0.15, 0.2) is 0 Å². The number of nitrogens with zero attached hydrogens (tertiary/aromatic N) is 3. The molecule has 2 N–H and O–H groups in total. The number of benzene rings is 1. The molecule has 2 aliphatic carbocycles. The molecule has 1 aromatic heterocycles. The van der Waals surface area contributed by atoms with Crippen molar-refractivity contribution < 1.29 is 15.0 Å². The molecule has 6 rings (SSSR count). The molecular formula is C27H33N3O3. The predicted octanol–water partition coefficient (Wildman–Crippen LogP) is 2.66. The number of piperidine rings is 1. The molecule has 2 aliphatic heterocycles. The Morgan fingerprint density at radius 1 is 1.09 bits per heavy atom. The largest absolute Gasteiger partial charge is 0.508 e. The van der Waals surface area contributed by atoms with E-state index in [0.29, 0.717) is 25.9 Å². The van der Waals surface area contributed by atoms with Crippen LogP contribution in [0.5, 0.6) is 5.75 Å². The second-order valence-electron chi connectivity index (χ2n) is 10.6. The highest BCUT2D eigenvalue weighted by molar-refractivity contribution is 5.78. The van der Waals surface area contributed by atoms with E-state index >= 15 is 0 Å². The number of hydrogen-bond donors (Lipinski definition) is 2. The number of phenols is 1. The number of fused-ring (bicyclic) bond motifs is 1. The van der Waals surface area contributed by atoms with Crippen LogP contribution >= 0.6 is 0 Å². The first kappa shape index (κ1) is 21.1. The average molecular weight is 448 g/mol. The lowest BCUT2D eigenvalue weighted by Crippen LogP contribution is -2.71. The summed E-state index contributed by atoms with van der Waals surface area (Å²) in [5.41, 5.74) is 1.80. The Morgan fingerprint density at radius 3 is 2.70 bits per heavy atom. The van der Waals surface area contributed by atoms with E-state index in [1.54, 1.807) is 12.3 Å². The minimum Gasteiger partial charge on any atom is -0.508 e. The van der Waals surface area contributed by atoms with Crippen LogP contribution in [-0.4, -0.2) is 68.7 Å². The third kappa shape index (κ3) is 3.46. The zero-order valence-corrected chi connectivity index (χ0v) is 19.1. The number of amides is 1. The molecular weight excluding hydrogens is 414 g/mol. The van der Waals surface area contributed by atoms with Gasteiger partial charge < -0.3 is 15.1 Å². The molecule has 4 aliphatic rings. The summed E-state index contributed by atoms with van der Waals surface area (Å²) in [6, 6.07) is 11.4. The number of aliphatic hydroxyl groups is 1. The van der Waals surface area contributed by atoms with Gasteiger partial charge in [0.25, 0.3) is 0 Å². The number of carbonyl (C=O) groups excluding carboxylic acids is 1. The van der Waals surface area contributed by atoms with E-state index in [4.69, 9.17) is 0 Å². The highest BCUT2D eigenvalue weighted by Crippen LogP contribution is 2.56. The first-order valence-corrected chi connectivity index (χ1v) is 12.4. The summed E-state index contributed by atoms with van der Waals surface area (Å²) in [6.07, 6.45) is 7.58. The second-order valence-corrected chi connectivity index (χ2v) is 10.6. The first-order chi connectivity index (χ1) is 16.0. The van der Waals surface area contributed by atoms with Gasteiger partial charge in [0, 0.05) is 43.0 Å². The molecule has 1 amide bonds. The van der Waals surface area contributed by atoms with Gasteiger partial charge in [0.1, 0.15) is 5.75 Å². The van der Waals surface area contributed by atoms with Gasteiger partial charge in [0.05, 0.1) is 12.0 Å². The number of rotatable bonds is 4. The lowest BCUT2D eigenvalue weighted by molar-refractivity contribution is -0.149. The van der Waals surface area contributed by atoms with E-state index in [2.05, 4.69) is 16.0 Å². The Bertz CT molecular complexity index is 1060. The summed E-state index contributed by atoms with van der Waals surface area (Å²) in [4.78, 5) is 22.0. The number of hydrogen-bond acceptors (Lipinski definition) is 5. The molecule has 174 valence electrons. The molecule has 2 saturated heterocycles. The van der Waals surface area contributed by atoms with Crippen LogP contribution < -0.4 is 0 Å². The van der Waals surface area contributed by atoms with Crippen LogP contribution in [0.3, 0.4) is 0 Å². The van der Waals surface area contributed by atoms with Crippen LogP contribution in [0, 0.1) is 5.92 Å². The van der Waals surface area contributed by atoms with Gasteiger partial charge >= 0.3 is 0 Å². The standard InChI is InChI=1S/C27H33N3O3/c31-22-7-6-20-15-24-27(33)10-14-29(25(32)16-21-3-1-2-11-28-21)12-8-26(27,23(20)17-22)9-13-30(24)18-19-4-5-19/h1-3,6-7,11,17,19,24,31,33H,4-5,8-10,12-16,18H2. The highest BCUT2D eigenvalue weighted by Gasteiger charge is 2.63. The van der Waals surface area contributed by atoms with Crippen LogP contribution in [0.4, 0.5) is 0 Å². The first-order valence-electron chi connectivity index (χ1n) is 12.4. The zero-order valence-electron chi connectivity index (χ0n) is 19.1. The fourth-order valence-electron chi connectivity index (χ4n) is 6.88. The Balaban J connectivity index is 1.34. The number of aromatic hydroxyl groups is 1. The van der Waals surface area contributed by atoms with E-state index in [1.165, 1.54) is 18.4 Å². The number of carbonyl (C=O) groups is 1. The Hall–Kier alpha value is -2.44. The smallest absolute Gasteiger partial charge is 0.228 e. The van der Waals surface area contributed by atoms with Crippen molar-refractivity contribution in [1.82, 2.24) is 14.8 Å². The third-order valence-corrected chi connectivity index (χ3v) is 8.84. The quantitative estimate of drug-likeness (QED) is 0.754. The molecule has 3 heterocycles. The van der Waals surface area contributed by atoms with Crippen molar-refractivity contribution in [2.75, 3.05) is 26.2 Å². The Kier molecular flexibility index (Phi) is 5.00. The summed E-state index contributed by atoms with van der Waals surface area (Å²) in [7, 11) is 0.